The van der Waals surface area contributed by atoms with Crippen LogP contribution in [0.5, 0.6) is 11.5 Å². The van der Waals surface area contributed by atoms with Crippen molar-refractivity contribution in [3.05, 3.63) is 60.4 Å². The van der Waals surface area contributed by atoms with Crippen molar-refractivity contribution in [2.75, 3.05) is 19.0 Å². The minimum absolute atomic E-state index is 0.0331. The molecule has 1 unspecified atom stereocenters. The average molecular weight is 440 g/mol. The van der Waals surface area contributed by atoms with Crippen LogP contribution in [0.25, 0.3) is 5.69 Å². The number of nitrogens with zero attached hydrogens (tertiary/aromatic N) is 3. The first-order valence-corrected chi connectivity index (χ1v) is 10.6. The van der Waals surface area contributed by atoms with E-state index < -0.39 is 18.1 Å². The Kier molecular flexibility index (Phi) is 6.37. The Morgan fingerprint density at radius 2 is 1.87 bits per heavy atom. The molecule has 31 heavy (non-hydrogen) atoms. The summed E-state index contributed by atoms with van der Waals surface area (Å²) in [6.45, 7) is 2.12. The average Bonchev–Trinajstić information content (AvgIpc) is 3.22. The number of benzene rings is 2. The zero-order chi connectivity index (χ0) is 21.6. The lowest BCUT2D eigenvalue weighted by Crippen LogP contribution is -2.32. The number of nitrogens with one attached hydrogen (secondary N) is 1. The summed E-state index contributed by atoms with van der Waals surface area (Å²) in [6, 6.07) is 16.9. The van der Waals surface area contributed by atoms with Gasteiger partial charge in [0, 0.05) is 5.69 Å². The van der Waals surface area contributed by atoms with E-state index in [9.17, 15) is 9.59 Å². The largest absolute Gasteiger partial charge is 0.485 e. The van der Waals surface area contributed by atoms with Gasteiger partial charge in [-0.25, -0.2) is 4.79 Å². The lowest BCUT2D eigenvalue weighted by molar-refractivity contribution is -0.117. The van der Waals surface area contributed by atoms with Crippen LogP contribution in [0.1, 0.15) is 18.9 Å². The fourth-order valence-corrected chi connectivity index (χ4v) is 3.76. The molecule has 0 spiro atoms. The molecule has 1 atom stereocenters. The van der Waals surface area contributed by atoms with Gasteiger partial charge in [0.1, 0.15) is 6.61 Å². The predicted octanol–water partition coefficient (Wildman–Crippen LogP) is 3.14. The van der Waals surface area contributed by atoms with Gasteiger partial charge >= 0.3 is 6.09 Å². The number of imide groups is 1. The molecule has 0 fully saturated rings. The minimum Gasteiger partial charge on any atom is -0.485 e. The summed E-state index contributed by atoms with van der Waals surface area (Å²) in [5.74, 6) is 1.33. The van der Waals surface area contributed by atoms with Gasteiger partial charge in [0.2, 0.25) is 5.91 Å². The van der Waals surface area contributed by atoms with Crippen LogP contribution >= 0.6 is 11.8 Å². The number of hydrogen-bond acceptors (Lipinski definition) is 8. The number of carbonyl (C=O) groups is 2. The van der Waals surface area contributed by atoms with Crippen LogP contribution in [-0.4, -0.2) is 45.7 Å². The number of hydrogen-bond donors (Lipinski definition) is 1. The Morgan fingerprint density at radius 1 is 1.13 bits per heavy atom. The quantitative estimate of drug-likeness (QED) is 0.583. The van der Waals surface area contributed by atoms with Gasteiger partial charge in [-0.2, -0.15) is 0 Å². The molecular weight excluding hydrogens is 420 g/mol. The van der Waals surface area contributed by atoms with Gasteiger partial charge in [-0.05, 0) is 31.2 Å². The first-order valence-electron chi connectivity index (χ1n) is 9.64. The van der Waals surface area contributed by atoms with Crippen LogP contribution in [-0.2, 0) is 9.53 Å². The van der Waals surface area contributed by atoms with Gasteiger partial charge < -0.3 is 14.2 Å². The van der Waals surface area contributed by atoms with Crippen molar-refractivity contribution in [2.24, 2.45) is 0 Å². The topological polar surface area (TPSA) is 105 Å². The first kappa shape index (κ1) is 20.7. The monoisotopic (exact) mass is 440 g/mol. The van der Waals surface area contributed by atoms with E-state index >= 15 is 0 Å². The summed E-state index contributed by atoms with van der Waals surface area (Å²) in [4.78, 5) is 23.5. The van der Waals surface area contributed by atoms with E-state index in [1.54, 1.807) is 6.92 Å². The molecule has 4 rings (SSSR count). The molecule has 9 nitrogen and oxygen atoms in total. The van der Waals surface area contributed by atoms with Crippen molar-refractivity contribution >= 4 is 23.8 Å². The number of fused-ring (bicyclic) bond motifs is 1. The second kappa shape index (κ2) is 9.52. The smallest absolute Gasteiger partial charge is 0.413 e. The summed E-state index contributed by atoms with van der Waals surface area (Å²) >= 11 is 1.15. The highest BCUT2D eigenvalue weighted by molar-refractivity contribution is 7.99. The molecule has 0 saturated carbocycles. The third-order valence-corrected chi connectivity index (χ3v) is 5.25. The number of ether oxygens (including phenoxy) is 3. The van der Waals surface area contributed by atoms with Crippen molar-refractivity contribution < 1.29 is 23.8 Å². The van der Waals surface area contributed by atoms with Crippen LogP contribution in [0, 0.1) is 0 Å². The zero-order valence-corrected chi connectivity index (χ0v) is 17.5. The molecular formula is C21H20N4O5S. The van der Waals surface area contributed by atoms with Crippen molar-refractivity contribution in [3.8, 4) is 17.2 Å². The number of carbonyl (C=O) groups excluding carboxylic acids is 2. The number of alkyl carbamates (subject to hydrolysis) is 1. The predicted molar refractivity (Wildman–Crippen MR) is 113 cm³/mol. The van der Waals surface area contributed by atoms with Gasteiger partial charge in [0.05, 0.1) is 12.4 Å². The number of rotatable bonds is 6. The second-order valence-corrected chi connectivity index (χ2v) is 7.38. The number of aromatic nitrogens is 3. The van der Waals surface area contributed by atoms with E-state index in [4.69, 9.17) is 14.2 Å². The van der Waals surface area contributed by atoms with Crippen molar-refractivity contribution in [1.29, 1.82) is 0 Å². The van der Waals surface area contributed by atoms with Gasteiger partial charge in [0.15, 0.2) is 28.6 Å². The molecule has 1 aromatic heterocycles. The highest BCUT2D eigenvalue weighted by Crippen LogP contribution is 2.36. The van der Waals surface area contributed by atoms with Gasteiger partial charge in [0.25, 0.3) is 0 Å². The third-order valence-electron chi connectivity index (χ3n) is 4.32. The normalized spacial score (nSPS) is 14.7. The summed E-state index contributed by atoms with van der Waals surface area (Å²) in [5, 5.41) is 11.2. The van der Waals surface area contributed by atoms with E-state index in [2.05, 4.69) is 15.5 Å². The molecule has 2 aromatic carbocycles. The van der Waals surface area contributed by atoms with Crippen LogP contribution in [0.4, 0.5) is 4.79 Å². The summed E-state index contributed by atoms with van der Waals surface area (Å²) in [6.07, 6.45) is -1.25. The standard InChI is InChI=1S/C21H20N4O5S/c1-2-28-21(27)22-18(26)13-31-20-24-23-19(25(20)14-8-4-3-5-9-14)17-12-29-15-10-6-7-11-16(15)30-17/h3-11,17H,2,12-13H2,1H3,(H,22,26,27). The summed E-state index contributed by atoms with van der Waals surface area (Å²) < 4.78 is 18.5. The molecule has 0 aliphatic carbocycles. The molecule has 1 aliphatic heterocycles. The third kappa shape index (κ3) is 4.80. The van der Waals surface area contributed by atoms with Crippen LogP contribution < -0.4 is 14.8 Å². The van der Waals surface area contributed by atoms with E-state index in [0.717, 1.165) is 17.4 Å². The molecule has 3 aromatic rings. The van der Waals surface area contributed by atoms with Gasteiger partial charge in [-0.3, -0.25) is 14.7 Å². The molecule has 1 aliphatic rings. The molecule has 0 saturated heterocycles. The van der Waals surface area contributed by atoms with Gasteiger partial charge in [-0.15, -0.1) is 10.2 Å². The SMILES string of the molecule is CCOC(=O)NC(=O)CSc1nnc(C2COc3ccccc3O2)n1-c1ccccc1. The maximum Gasteiger partial charge on any atom is 0.413 e. The van der Waals surface area contributed by atoms with Gasteiger partial charge in [-0.1, -0.05) is 42.1 Å². The fraction of sp³-hybridized carbons (Fsp3) is 0.238. The lowest BCUT2D eigenvalue weighted by atomic mass is 10.2. The Labute approximate surface area is 182 Å². The minimum atomic E-state index is -0.773. The fourth-order valence-electron chi connectivity index (χ4n) is 3.00. The van der Waals surface area contributed by atoms with Crippen LogP contribution in [0.15, 0.2) is 59.8 Å². The lowest BCUT2D eigenvalue weighted by Gasteiger charge is -2.26. The molecule has 2 amide bonds. The Balaban J connectivity index is 1.57. The van der Waals surface area contributed by atoms with E-state index in [-0.39, 0.29) is 19.0 Å². The van der Waals surface area contributed by atoms with Crippen molar-refractivity contribution in [1.82, 2.24) is 20.1 Å². The zero-order valence-electron chi connectivity index (χ0n) is 16.7. The Bertz CT molecular complexity index is 1070. The maximum atomic E-state index is 12.1. The highest BCUT2D eigenvalue weighted by Gasteiger charge is 2.29. The molecule has 1 N–H and O–H groups in total. The molecule has 160 valence electrons. The first-order chi connectivity index (χ1) is 15.2. The highest BCUT2D eigenvalue weighted by atomic mass is 32.2. The number of amides is 2. The van der Waals surface area contributed by atoms with Crippen molar-refractivity contribution in [3.63, 3.8) is 0 Å². The second-order valence-electron chi connectivity index (χ2n) is 6.43. The summed E-state index contributed by atoms with van der Waals surface area (Å²) in [5.41, 5.74) is 0.818. The molecule has 0 radical (unpaired) electrons. The Hall–Kier alpha value is -3.53. The van der Waals surface area contributed by atoms with Crippen LogP contribution in [0.2, 0.25) is 0 Å². The van der Waals surface area contributed by atoms with E-state index in [1.165, 1.54) is 0 Å². The van der Waals surface area contributed by atoms with E-state index in [0.29, 0.717) is 22.5 Å². The molecule has 2 heterocycles. The number of para-hydroxylation sites is 3. The summed E-state index contributed by atoms with van der Waals surface area (Å²) in [7, 11) is 0. The maximum absolute atomic E-state index is 12.1. The van der Waals surface area contributed by atoms with Crippen LogP contribution in [0.3, 0.4) is 0 Å². The van der Waals surface area contributed by atoms with E-state index in [1.807, 2.05) is 59.2 Å². The molecule has 0 bridgehead atoms. The number of thioether (sulfide) groups is 1. The Morgan fingerprint density at radius 3 is 2.65 bits per heavy atom. The molecule has 10 heteroatoms. The van der Waals surface area contributed by atoms with Crippen molar-refractivity contribution in [2.45, 2.75) is 18.2 Å².